The highest BCUT2D eigenvalue weighted by Crippen LogP contribution is 2.39. The number of rotatable bonds is 6. The van der Waals surface area contributed by atoms with E-state index in [4.69, 9.17) is 4.74 Å². The predicted octanol–water partition coefficient (Wildman–Crippen LogP) is 3.55. The van der Waals surface area contributed by atoms with Gasteiger partial charge in [-0.3, -0.25) is 14.5 Å². The van der Waals surface area contributed by atoms with Crippen molar-refractivity contribution in [3.05, 3.63) is 68.8 Å². The number of hydrogen-bond donors (Lipinski definition) is 2. The van der Waals surface area contributed by atoms with Gasteiger partial charge in [-0.2, -0.15) is 0 Å². The summed E-state index contributed by atoms with van der Waals surface area (Å²) in [5, 5.41) is 12.4. The molecule has 10 nitrogen and oxygen atoms in total. The van der Waals surface area contributed by atoms with E-state index in [2.05, 4.69) is 5.32 Å². The number of cyclic esters (lactones) is 1. The minimum atomic E-state index is -1.31. The van der Waals surface area contributed by atoms with Crippen LogP contribution in [0, 0.1) is 12.7 Å². The van der Waals surface area contributed by atoms with E-state index >= 15 is 4.39 Å². The van der Waals surface area contributed by atoms with Crippen LogP contribution >= 0.6 is 0 Å². The number of carboxylic acid groups (broad SMARTS) is 1. The molecule has 1 saturated carbocycles. The Morgan fingerprint density at radius 3 is 2.54 bits per heavy atom. The number of carboxylic acids is 1. The molecule has 1 unspecified atom stereocenters. The molecule has 1 aliphatic carbocycles. The molecule has 2 amide bonds. The Kier molecular flexibility index (Phi) is 6.67. The number of aromatic nitrogens is 1. The zero-order valence-corrected chi connectivity index (χ0v) is 22.9. The lowest BCUT2D eigenvalue weighted by molar-refractivity contribution is -0.119. The second-order valence-corrected chi connectivity index (χ2v) is 11.0. The Balaban J connectivity index is 1.28. The number of nitrogens with one attached hydrogen (secondary N) is 1. The number of aromatic carboxylic acids is 1. The minimum absolute atomic E-state index is 0.0934. The number of ether oxygens (including phenoxy) is 1. The molecule has 1 aromatic heterocycles. The van der Waals surface area contributed by atoms with E-state index < -0.39 is 29.4 Å². The van der Waals surface area contributed by atoms with Gasteiger partial charge in [-0.1, -0.05) is 6.07 Å². The van der Waals surface area contributed by atoms with Crippen LogP contribution in [0.15, 0.2) is 35.3 Å². The van der Waals surface area contributed by atoms with Crippen molar-refractivity contribution in [3.63, 3.8) is 0 Å². The summed E-state index contributed by atoms with van der Waals surface area (Å²) >= 11 is 0. The number of anilines is 2. The molecule has 3 aliphatic rings. The predicted molar refractivity (Wildman–Crippen MR) is 150 cm³/mol. The molecule has 1 saturated heterocycles. The molecule has 0 spiro atoms. The van der Waals surface area contributed by atoms with Crippen molar-refractivity contribution >= 4 is 40.2 Å². The molecule has 2 N–H and O–H groups in total. The Morgan fingerprint density at radius 2 is 1.85 bits per heavy atom. The molecule has 2 aliphatic heterocycles. The number of fused-ring (bicyclic) bond motifs is 2. The zero-order valence-electron chi connectivity index (χ0n) is 22.9. The van der Waals surface area contributed by atoms with Gasteiger partial charge in [-0.15, -0.1) is 0 Å². The van der Waals surface area contributed by atoms with Crippen LogP contribution in [0.5, 0.6) is 0 Å². The van der Waals surface area contributed by atoms with Crippen LogP contribution in [0.2, 0.25) is 0 Å². The second-order valence-electron chi connectivity index (χ2n) is 11.0. The number of nitrogens with zero attached hydrogens (tertiary/aromatic N) is 3. The molecule has 214 valence electrons. The van der Waals surface area contributed by atoms with Gasteiger partial charge in [0.25, 0.3) is 0 Å². The van der Waals surface area contributed by atoms with Crippen LogP contribution in [0.3, 0.4) is 0 Å². The number of carbonyl (C=O) groups is 3. The van der Waals surface area contributed by atoms with Crippen molar-refractivity contribution in [2.24, 2.45) is 0 Å². The third-order valence-corrected chi connectivity index (χ3v) is 8.24. The fourth-order valence-electron chi connectivity index (χ4n) is 5.91. The third kappa shape index (κ3) is 4.89. The van der Waals surface area contributed by atoms with Crippen molar-refractivity contribution < 1.29 is 28.6 Å². The average molecular weight is 563 g/mol. The van der Waals surface area contributed by atoms with Gasteiger partial charge in [0.2, 0.25) is 11.3 Å². The van der Waals surface area contributed by atoms with Gasteiger partial charge in [-0.05, 0) is 61.9 Å². The largest absolute Gasteiger partial charge is 0.477 e. The van der Waals surface area contributed by atoms with E-state index in [9.17, 15) is 24.3 Å². The van der Waals surface area contributed by atoms with Gasteiger partial charge >= 0.3 is 12.1 Å². The molecular weight excluding hydrogens is 531 g/mol. The molecule has 0 bridgehead atoms. The standard InChI is InChI=1S/C30H31FN4O6/c1-16-26-24(34(20-5-6-20)15-23(28(26)37)29(38)39)12-25(27(16)31)33-9-7-18-3-4-21(11-19(18)8-10-33)35-14-22(41-30(35)40)13-32-17(2)36/h3-4,11-12,15,20,22H,5-10,13-14H2,1-2H3,(H,32,36)(H,38,39). The van der Waals surface area contributed by atoms with Gasteiger partial charge in [0.15, 0.2) is 0 Å². The van der Waals surface area contributed by atoms with Crippen LogP contribution < -0.4 is 20.5 Å². The third-order valence-electron chi connectivity index (χ3n) is 8.24. The molecule has 2 fully saturated rings. The van der Waals surface area contributed by atoms with Gasteiger partial charge in [0.05, 0.1) is 29.7 Å². The highest BCUT2D eigenvalue weighted by atomic mass is 19.1. The lowest BCUT2D eigenvalue weighted by Gasteiger charge is -2.25. The van der Waals surface area contributed by atoms with Crippen molar-refractivity contribution in [2.45, 2.75) is 51.7 Å². The first-order chi connectivity index (χ1) is 19.6. The van der Waals surface area contributed by atoms with E-state index in [1.165, 1.54) is 13.1 Å². The van der Waals surface area contributed by atoms with Gasteiger partial charge in [0, 0.05) is 43.5 Å². The summed E-state index contributed by atoms with van der Waals surface area (Å²) in [6.45, 7) is 4.61. The Labute approximate surface area is 235 Å². The van der Waals surface area contributed by atoms with Gasteiger partial charge in [0.1, 0.15) is 17.5 Å². The molecule has 0 radical (unpaired) electrons. The monoisotopic (exact) mass is 562 g/mol. The normalized spacial score (nSPS) is 18.7. The maximum Gasteiger partial charge on any atom is 0.414 e. The zero-order chi connectivity index (χ0) is 29.0. The first-order valence-electron chi connectivity index (χ1n) is 13.8. The van der Waals surface area contributed by atoms with E-state index in [-0.39, 0.29) is 35.0 Å². The summed E-state index contributed by atoms with van der Waals surface area (Å²) in [5.41, 5.74) is 2.98. The van der Waals surface area contributed by atoms with Crippen molar-refractivity contribution in [3.8, 4) is 0 Å². The van der Waals surface area contributed by atoms with Crippen LogP contribution in [0.25, 0.3) is 10.9 Å². The van der Waals surface area contributed by atoms with Gasteiger partial charge < -0.3 is 24.6 Å². The van der Waals surface area contributed by atoms with E-state index in [1.54, 1.807) is 17.9 Å². The molecule has 6 rings (SSSR count). The Bertz CT molecular complexity index is 1660. The van der Waals surface area contributed by atoms with Crippen molar-refractivity contribution in [1.82, 2.24) is 9.88 Å². The van der Waals surface area contributed by atoms with E-state index in [0.717, 1.165) is 24.0 Å². The fraction of sp³-hybridized carbons (Fsp3) is 0.400. The lowest BCUT2D eigenvalue weighted by atomic mass is 10.0. The number of hydrogen-bond acceptors (Lipinski definition) is 6. The SMILES string of the molecule is CC(=O)NCC1CN(c2ccc3c(c2)CCN(c2cc4c(c(C)c2F)c(=O)c(C(=O)O)cn4C2CC2)CC3)C(=O)O1. The molecular formula is C30H31FN4O6. The van der Waals surface area contributed by atoms with E-state index in [1.807, 2.05) is 27.7 Å². The molecule has 1 atom stereocenters. The number of amides is 2. The lowest BCUT2D eigenvalue weighted by Crippen LogP contribution is -2.33. The molecule has 41 heavy (non-hydrogen) atoms. The number of carbonyl (C=O) groups excluding carboxylic acids is 2. The smallest absolute Gasteiger partial charge is 0.414 e. The molecule has 11 heteroatoms. The first-order valence-corrected chi connectivity index (χ1v) is 13.8. The summed E-state index contributed by atoms with van der Waals surface area (Å²) in [4.78, 5) is 52.1. The number of pyridine rings is 1. The summed E-state index contributed by atoms with van der Waals surface area (Å²) in [7, 11) is 0. The van der Waals surface area contributed by atoms with Crippen LogP contribution in [-0.2, 0) is 22.4 Å². The summed E-state index contributed by atoms with van der Waals surface area (Å²) < 4.78 is 23.1. The van der Waals surface area contributed by atoms with Crippen LogP contribution in [0.1, 0.15) is 52.9 Å². The molecule has 3 heterocycles. The van der Waals surface area contributed by atoms with Crippen LogP contribution in [-0.4, -0.2) is 59.9 Å². The first kappa shape index (κ1) is 26.8. The molecule has 2 aromatic carbocycles. The maximum atomic E-state index is 15.9. The topological polar surface area (TPSA) is 121 Å². The Morgan fingerprint density at radius 1 is 1.12 bits per heavy atom. The fourth-order valence-corrected chi connectivity index (χ4v) is 5.91. The summed E-state index contributed by atoms with van der Waals surface area (Å²) in [5.74, 6) is -2.02. The molecule has 3 aromatic rings. The second kappa shape index (κ2) is 10.2. The quantitative estimate of drug-likeness (QED) is 0.471. The number of halogens is 1. The highest BCUT2D eigenvalue weighted by molar-refractivity contribution is 5.95. The number of benzene rings is 2. The Hall–Kier alpha value is -4.41. The van der Waals surface area contributed by atoms with Crippen molar-refractivity contribution in [1.29, 1.82) is 0 Å². The highest BCUT2D eigenvalue weighted by Gasteiger charge is 2.33. The van der Waals surface area contributed by atoms with Gasteiger partial charge in [-0.25, -0.2) is 14.0 Å². The van der Waals surface area contributed by atoms with Crippen molar-refractivity contribution in [2.75, 3.05) is 36.0 Å². The van der Waals surface area contributed by atoms with E-state index in [0.29, 0.717) is 49.4 Å². The minimum Gasteiger partial charge on any atom is -0.477 e. The van der Waals surface area contributed by atoms with Crippen LogP contribution in [0.4, 0.5) is 20.6 Å². The number of aryl methyl sites for hydroxylation is 1. The summed E-state index contributed by atoms with van der Waals surface area (Å²) in [6.07, 6.45) is 3.54. The maximum absolute atomic E-state index is 15.9. The average Bonchev–Trinajstić information content (AvgIpc) is 3.74. The summed E-state index contributed by atoms with van der Waals surface area (Å²) in [6, 6.07) is 7.63.